The second-order valence-electron chi connectivity index (χ2n) is 5.81. The van der Waals surface area contributed by atoms with Crippen LogP contribution in [0.3, 0.4) is 0 Å². The fourth-order valence-corrected chi connectivity index (χ4v) is 2.97. The van der Waals surface area contributed by atoms with Gasteiger partial charge in [-0.1, -0.05) is 6.42 Å². The predicted molar refractivity (Wildman–Crippen MR) is 74.1 cm³/mol. The van der Waals surface area contributed by atoms with E-state index in [1.807, 2.05) is 6.07 Å². The van der Waals surface area contributed by atoms with E-state index >= 15 is 0 Å². The van der Waals surface area contributed by atoms with Crippen molar-refractivity contribution >= 4 is 0 Å². The molecule has 1 saturated carbocycles. The van der Waals surface area contributed by atoms with E-state index in [-0.39, 0.29) is 5.82 Å². The van der Waals surface area contributed by atoms with Gasteiger partial charge in [0.2, 0.25) is 0 Å². The lowest BCUT2D eigenvalue weighted by atomic mass is 9.86. The summed E-state index contributed by atoms with van der Waals surface area (Å²) in [7, 11) is 0. The molecule has 104 valence electrons. The predicted octanol–water partition coefficient (Wildman–Crippen LogP) is 3.47. The summed E-state index contributed by atoms with van der Waals surface area (Å²) in [5, 5.41) is 3.35. The molecule has 0 unspecified atom stereocenters. The fraction of sp³-hybridized carbons (Fsp3) is 0.625. The van der Waals surface area contributed by atoms with Gasteiger partial charge in [-0.25, -0.2) is 4.39 Å². The lowest BCUT2D eigenvalue weighted by Gasteiger charge is -2.28. The molecular formula is C16H22FNO. The molecule has 1 saturated heterocycles. The van der Waals surface area contributed by atoms with Crippen molar-refractivity contribution in [2.24, 2.45) is 5.92 Å². The van der Waals surface area contributed by atoms with Crippen molar-refractivity contribution in [3.8, 4) is 5.75 Å². The maximum atomic E-state index is 13.5. The van der Waals surface area contributed by atoms with Crippen molar-refractivity contribution < 1.29 is 9.13 Å². The molecule has 2 nitrogen and oxygen atoms in total. The van der Waals surface area contributed by atoms with Crippen molar-refractivity contribution in [2.45, 2.75) is 38.0 Å². The third-order valence-electron chi connectivity index (χ3n) is 4.45. The van der Waals surface area contributed by atoms with E-state index < -0.39 is 0 Å². The number of hydrogen-bond donors (Lipinski definition) is 1. The molecular weight excluding hydrogens is 241 g/mol. The van der Waals surface area contributed by atoms with Crippen molar-refractivity contribution in [1.82, 2.24) is 5.32 Å². The number of hydrogen-bond acceptors (Lipinski definition) is 2. The van der Waals surface area contributed by atoms with Crippen LogP contribution in [0.25, 0.3) is 0 Å². The van der Waals surface area contributed by atoms with Gasteiger partial charge >= 0.3 is 0 Å². The average molecular weight is 263 g/mol. The first-order valence-corrected chi connectivity index (χ1v) is 7.46. The molecule has 1 aliphatic heterocycles. The lowest BCUT2D eigenvalue weighted by molar-refractivity contribution is 0.178. The first-order valence-electron chi connectivity index (χ1n) is 7.46. The molecule has 1 N–H and O–H groups in total. The van der Waals surface area contributed by atoms with Gasteiger partial charge in [0.1, 0.15) is 11.6 Å². The van der Waals surface area contributed by atoms with E-state index in [4.69, 9.17) is 4.74 Å². The Bertz CT molecular complexity index is 425. The molecule has 1 aliphatic carbocycles. The molecule has 1 heterocycles. The number of halogens is 1. The molecule has 3 rings (SSSR count). The molecule has 0 amide bonds. The van der Waals surface area contributed by atoms with Gasteiger partial charge in [0, 0.05) is 5.56 Å². The summed E-state index contributed by atoms with van der Waals surface area (Å²) >= 11 is 0. The number of ether oxygens (including phenoxy) is 1. The third-order valence-corrected chi connectivity index (χ3v) is 4.45. The van der Waals surface area contributed by atoms with Gasteiger partial charge in [0.05, 0.1) is 6.61 Å². The smallest absolute Gasteiger partial charge is 0.123 e. The zero-order valence-electron chi connectivity index (χ0n) is 11.3. The average Bonchev–Trinajstić information content (AvgIpc) is 2.39. The molecule has 2 fully saturated rings. The van der Waals surface area contributed by atoms with Crippen LogP contribution in [-0.2, 0) is 0 Å². The number of benzene rings is 1. The summed E-state index contributed by atoms with van der Waals surface area (Å²) in [6.07, 6.45) is 6.04. The van der Waals surface area contributed by atoms with E-state index in [2.05, 4.69) is 5.32 Å². The third kappa shape index (κ3) is 3.08. The van der Waals surface area contributed by atoms with Crippen LogP contribution in [0.2, 0.25) is 0 Å². The number of piperidine rings is 1. The van der Waals surface area contributed by atoms with Gasteiger partial charge in [-0.2, -0.15) is 0 Å². The maximum Gasteiger partial charge on any atom is 0.123 e. The molecule has 0 bridgehead atoms. The molecule has 1 aromatic rings. The Morgan fingerprint density at radius 3 is 2.63 bits per heavy atom. The number of rotatable bonds is 4. The van der Waals surface area contributed by atoms with Gasteiger partial charge in [-0.05, 0) is 68.8 Å². The minimum Gasteiger partial charge on any atom is -0.493 e. The lowest BCUT2D eigenvalue weighted by Crippen LogP contribution is -2.27. The van der Waals surface area contributed by atoms with Crippen molar-refractivity contribution in [1.29, 1.82) is 0 Å². The van der Waals surface area contributed by atoms with E-state index in [0.717, 1.165) is 43.9 Å². The minimum atomic E-state index is -0.149. The van der Waals surface area contributed by atoms with E-state index in [1.165, 1.54) is 25.3 Å². The first-order chi connectivity index (χ1) is 9.33. The largest absolute Gasteiger partial charge is 0.493 e. The zero-order chi connectivity index (χ0) is 13.1. The Hall–Kier alpha value is -1.09. The highest BCUT2D eigenvalue weighted by Gasteiger charge is 2.22. The van der Waals surface area contributed by atoms with Gasteiger partial charge < -0.3 is 10.1 Å². The molecule has 2 aliphatic rings. The second kappa shape index (κ2) is 5.91. The Morgan fingerprint density at radius 1 is 1.16 bits per heavy atom. The maximum absolute atomic E-state index is 13.5. The van der Waals surface area contributed by atoms with Gasteiger partial charge in [0.25, 0.3) is 0 Å². The highest BCUT2D eigenvalue weighted by molar-refractivity contribution is 5.37. The summed E-state index contributed by atoms with van der Waals surface area (Å²) in [5.74, 6) is 1.91. The highest BCUT2D eigenvalue weighted by Crippen LogP contribution is 2.34. The van der Waals surface area contributed by atoms with Gasteiger partial charge in [0.15, 0.2) is 0 Å². The highest BCUT2D eigenvalue weighted by atomic mass is 19.1. The topological polar surface area (TPSA) is 21.3 Å². The van der Waals surface area contributed by atoms with Crippen LogP contribution in [0, 0.1) is 11.7 Å². The first kappa shape index (κ1) is 12.9. The Kier molecular flexibility index (Phi) is 4.02. The summed E-state index contributed by atoms with van der Waals surface area (Å²) in [4.78, 5) is 0. The summed E-state index contributed by atoms with van der Waals surface area (Å²) in [5.41, 5.74) is 1.07. The molecule has 0 spiro atoms. The van der Waals surface area contributed by atoms with Crippen LogP contribution in [0.1, 0.15) is 43.6 Å². The monoisotopic (exact) mass is 263 g/mol. The van der Waals surface area contributed by atoms with Crippen molar-refractivity contribution in [3.05, 3.63) is 29.6 Å². The normalized spacial score (nSPS) is 21.1. The molecule has 0 radical (unpaired) electrons. The summed E-state index contributed by atoms with van der Waals surface area (Å²) in [6, 6.07) is 5.00. The van der Waals surface area contributed by atoms with E-state index in [0.29, 0.717) is 11.8 Å². The van der Waals surface area contributed by atoms with E-state index in [1.54, 1.807) is 6.07 Å². The Balaban J connectivity index is 1.73. The molecule has 0 aromatic heterocycles. The van der Waals surface area contributed by atoms with Crippen LogP contribution >= 0.6 is 0 Å². The van der Waals surface area contributed by atoms with Crippen LogP contribution in [0.15, 0.2) is 18.2 Å². The van der Waals surface area contributed by atoms with Crippen molar-refractivity contribution in [3.63, 3.8) is 0 Å². The van der Waals surface area contributed by atoms with Crippen molar-refractivity contribution in [2.75, 3.05) is 19.7 Å². The SMILES string of the molecule is Fc1ccc(OCC2CCC2)c(C2CCNCC2)c1. The second-order valence-corrected chi connectivity index (χ2v) is 5.81. The van der Waals surface area contributed by atoms with Gasteiger partial charge in [-0.3, -0.25) is 0 Å². The standard InChI is InChI=1S/C16H22FNO/c17-14-4-5-16(19-11-12-2-1-3-12)15(10-14)13-6-8-18-9-7-13/h4-5,10,12-13,18H,1-3,6-9,11H2. The van der Waals surface area contributed by atoms with Crippen LogP contribution in [0.5, 0.6) is 5.75 Å². The Morgan fingerprint density at radius 2 is 1.95 bits per heavy atom. The van der Waals surface area contributed by atoms with Crippen LogP contribution in [-0.4, -0.2) is 19.7 Å². The quantitative estimate of drug-likeness (QED) is 0.898. The molecule has 19 heavy (non-hydrogen) atoms. The number of nitrogens with one attached hydrogen (secondary N) is 1. The van der Waals surface area contributed by atoms with E-state index in [9.17, 15) is 4.39 Å². The molecule has 0 atom stereocenters. The Labute approximate surface area is 114 Å². The summed E-state index contributed by atoms with van der Waals surface area (Å²) in [6.45, 7) is 2.83. The minimum absolute atomic E-state index is 0.149. The summed E-state index contributed by atoms with van der Waals surface area (Å²) < 4.78 is 19.5. The zero-order valence-corrected chi connectivity index (χ0v) is 11.3. The van der Waals surface area contributed by atoms with Crippen LogP contribution in [0.4, 0.5) is 4.39 Å². The van der Waals surface area contributed by atoms with Gasteiger partial charge in [-0.15, -0.1) is 0 Å². The van der Waals surface area contributed by atoms with Crippen LogP contribution < -0.4 is 10.1 Å². The fourth-order valence-electron chi connectivity index (χ4n) is 2.97. The molecule has 1 aromatic carbocycles. The molecule has 3 heteroatoms.